The van der Waals surface area contributed by atoms with Crippen molar-refractivity contribution < 1.29 is 14.4 Å². The number of hydrogen-bond donors (Lipinski definition) is 1. The number of rotatable bonds is 6. The summed E-state index contributed by atoms with van der Waals surface area (Å²) >= 11 is 11.9. The van der Waals surface area contributed by atoms with Gasteiger partial charge in [0.2, 0.25) is 11.8 Å². The highest BCUT2D eigenvalue weighted by Gasteiger charge is 2.31. The highest BCUT2D eigenvalue weighted by molar-refractivity contribution is 6.31. The molecular weight excluding hydrogens is 449 g/mol. The van der Waals surface area contributed by atoms with Gasteiger partial charge >= 0.3 is 0 Å². The van der Waals surface area contributed by atoms with Gasteiger partial charge in [-0.1, -0.05) is 29.3 Å². The zero-order valence-electron chi connectivity index (χ0n) is 18.2. The molecule has 3 rings (SSSR count). The fraction of sp³-hybridized carbons (Fsp3) is 0.375. The molecule has 1 N–H and O–H groups in total. The number of piperidine rings is 1. The van der Waals surface area contributed by atoms with Crippen LogP contribution in [-0.2, 0) is 9.59 Å². The first-order chi connectivity index (χ1) is 15.3. The molecule has 1 heterocycles. The maximum atomic E-state index is 13.0. The van der Waals surface area contributed by atoms with Crippen LogP contribution in [0.2, 0.25) is 10.0 Å². The van der Waals surface area contributed by atoms with E-state index in [9.17, 15) is 14.4 Å². The fourth-order valence-electron chi connectivity index (χ4n) is 3.80. The number of nitrogens with zero attached hydrogens (tertiary/aromatic N) is 2. The van der Waals surface area contributed by atoms with E-state index in [4.69, 9.17) is 23.2 Å². The Labute approximate surface area is 198 Å². The number of hydrogen-bond acceptors (Lipinski definition) is 3. The van der Waals surface area contributed by atoms with Crippen molar-refractivity contribution >= 4 is 46.6 Å². The highest BCUT2D eigenvalue weighted by Crippen LogP contribution is 2.23. The molecule has 0 aromatic heterocycles. The first kappa shape index (κ1) is 24.1. The molecule has 8 heteroatoms. The molecule has 2 aromatic carbocycles. The standard InChI is InChI=1S/C24H27Cl2N3O3/c1-3-28(15-22(30)27-21-14-20(26)7-4-16(21)2)23(31)18-10-12-29(13-11-18)24(32)17-5-8-19(25)9-6-17/h4-9,14,18H,3,10-13,15H2,1-2H3,(H,27,30). The van der Waals surface area contributed by atoms with Crippen LogP contribution < -0.4 is 5.32 Å². The molecule has 1 aliphatic rings. The average molecular weight is 476 g/mol. The zero-order chi connectivity index (χ0) is 23.3. The normalized spacial score (nSPS) is 14.2. The van der Waals surface area contributed by atoms with Crippen LogP contribution in [0.1, 0.15) is 35.7 Å². The number of carbonyl (C=O) groups is 3. The molecule has 1 fully saturated rings. The monoisotopic (exact) mass is 475 g/mol. The minimum Gasteiger partial charge on any atom is -0.339 e. The van der Waals surface area contributed by atoms with E-state index < -0.39 is 0 Å². The van der Waals surface area contributed by atoms with Crippen molar-refractivity contribution in [1.82, 2.24) is 9.80 Å². The lowest BCUT2D eigenvalue weighted by atomic mass is 9.94. The molecule has 0 radical (unpaired) electrons. The third-order valence-electron chi connectivity index (χ3n) is 5.72. The van der Waals surface area contributed by atoms with E-state index in [1.807, 2.05) is 19.9 Å². The molecule has 0 unspecified atom stereocenters. The second-order valence-corrected chi connectivity index (χ2v) is 8.81. The second kappa shape index (κ2) is 10.8. The summed E-state index contributed by atoms with van der Waals surface area (Å²) in [6.45, 7) is 5.16. The Kier molecular flexibility index (Phi) is 8.15. The number of benzene rings is 2. The van der Waals surface area contributed by atoms with E-state index in [0.717, 1.165) is 5.56 Å². The van der Waals surface area contributed by atoms with Crippen LogP contribution in [0.3, 0.4) is 0 Å². The number of likely N-dealkylation sites (tertiary alicyclic amines) is 1. The Morgan fingerprint density at radius 3 is 2.28 bits per heavy atom. The van der Waals surface area contributed by atoms with Crippen LogP contribution in [0.4, 0.5) is 5.69 Å². The number of likely N-dealkylation sites (N-methyl/N-ethyl adjacent to an activating group) is 1. The molecular formula is C24H27Cl2N3O3. The molecule has 32 heavy (non-hydrogen) atoms. The Morgan fingerprint density at radius 2 is 1.66 bits per heavy atom. The van der Waals surface area contributed by atoms with Gasteiger partial charge in [-0.2, -0.15) is 0 Å². The minimum absolute atomic E-state index is 0.0226. The van der Waals surface area contributed by atoms with Gasteiger partial charge in [-0.05, 0) is 68.7 Å². The van der Waals surface area contributed by atoms with Gasteiger partial charge in [0.25, 0.3) is 5.91 Å². The number of halogens is 2. The maximum absolute atomic E-state index is 13.0. The van der Waals surface area contributed by atoms with Crippen molar-refractivity contribution in [3.05, 3.63) is 63.6 Å². The van der Waals surface area contributed by atoms with Crippen molar-refractivity contribution in [3.63, 3.8) is 0 Å². The van der Waals surface area contributed by atoms with Gasteiger partial charge in [-0.25, -0.2) is 0 Å². The molecule has 1 aliphatic heterocycles. The third-order valence-corrected chi connectivity index (χ3v) is 6.21. The van der Waals surface area contributed by atoms with E-state index >= 15 is 0 Å². The number of aryl methyl sites for hydroxylation is 1. The lowest BCUT2D eigenvalue weighted by Crippen LogP contribution is -2.46. The molecule has 170 valence electrons. The van der Waals surface area contributed by atoms with Crippen LogP contribution in [0.25, 0.3) is 0 Å². The van der Waals surface area contributed by atoms with Crippen LogP contribution in [0, 0.1) is 12.8 Å². The Hall–Kier alpha value is -2.57. The molecule has 0 atom stereocenters. The lowest BCUT2D eigenvalue weighted by molar-refractivity contribution is -0.139. The van der Waals surface area contributed by atoms with E-state index in [-0.39, 0.29) is 30.2 Å². The van der Waals surface area contributed by atoms with Gasteiger partial charge in [0.1, 0.15) is 0 Å². The Balaban J connectivity index is 1.54. The van der Waals surface area contributed by atoms with Crippen molar-refractivity contribution in [1.29, 1.82) is 0 Å². The van der Waals surface area contributed by atoms with Gasteiger partial charge in [0.15, 0.2) is 0 Å². The van der Waals surface area contributed by atoms with Crippen LogP contribution in [0.15, 0.2) is 42.5 Å². The summed E-state index contributed by atoms with van der Waals surface area (Å²) in [6, 6.07) is 12.1. The molecule has 0 spiro atoms. The van der Waals surface area contributed by atoms with Gasteiger partial charge in [-0.3, -0.25) is 14.4 Å². The molecule has 3 amide bonds. The van der Waals surface area contributed by atoms with Gasteiger partial charge in [0.05, 0.1) is 6.54 Å². The summed E-state index contributed by atoms with van der Waals surface area (Å²) in [7, 11) is 0. The van der Waals surface area contributed by atoms with Gasteiger partial charge in [-0.15, -0.1) is 0 Å². The van der Waals surface area contributed by atoms with Crippen molar-refractivity contribution in [3.8, 4) is 0 Å². The number of amides is 3. The van der Waals surface area contributed by atoms with Crippen molar-refractivity contribution in [2.75, 3.05) is 31.5 Å². The molecule has 6 nitrogen and oxygen atoms in total. The summed E-state index contributed by atoms with van der Waals surface area (Å²) in [6.07, 6.45) is 1.15. The first-order valence-electron chi connectivity index (χ1n) is 10.7. The Bertz CT molecular complexity index is 986. The summed E-state index contributed by atoms with van der Waals surface area (Å²) in [5, 5.41) is 3.96. The SMILES string of the molecule is CCN(CC(=O)Nc1cc(Cl)ccc1C)C(=O)C1CCN(C(=O)c2ccc(Cl)cc2)CC1. The van der Waals surface area contributed by atoms with Gasteiger partial charge in [0, 0.05) is 46.8 Å². The van der Waals surface area contributed by atoms with Crippen LogP contribution in [0.5, 0.6) is 0 Å². The summed E-state index contributed by atoms with van der Waals surface area (Å²) in [5.74, 6) is -0.578. The summed E-state index contributed by atoms with van der Waals surface area (Å²) in [4.78, 5) is 41.6. The molecule has 2 aromatic rings. The number of carbonyl (C=O) groups excluding carboxylic acids is 3. The predicted molar refractivity (Wildman–Crippen MR) is 127 cm³/mol. The lowest BCUT2D eigenvalue weighted by Gasteiger charge is -2.34. The molecule has 0 bridgehead atoms. The zero-order valence-corrected chi connectivity index (χ0v) is 19.7. The minimum atomic E-state index is -0.263. The van der Waals surface area contributed by atoms with Crippen molar-refractivity contribution in [2.45, 2.75) is 26.7 Å². The number of nitrogens with one attached hydrogen (secondary N) is 1. The predicted octanol–water partition coefficient (Wildman–Crippen LogP) is 4.64. The van der Waals surface area contributed by atoms with Crippen molar-refractivity contribution in [2.24, 2.45) is 5.92 Å². The molecule has 1 saturated heterocycles. The van der Waals surface area contributed by atoms with E-state index in [0.29, 0.717) is 53.8 Å². The van der Waals surface area contributed by atoms with E-state index in [1.54, 1.807) is 46.2 Å². The molecule has 0 aliphatic carbocycles. The first-order valence-corrected chi connectivity index (χ1v) is 11.4. The average Bonchev–Trinajstić information content (AvgIpc) is 2.79. The summed E-state index contributed by atoms with van der Waals surface area (Å²) in [5.41, 5.74) is 2.12. The van der Waals surface area contributed by atoms with Crippen LogP contribution in [-0.4, -0.2) is 53.7 Å². The third kappa shape index (κ3) is 6.02. The number of anilines is 1. The summed E-state index contributed by atoms with van der Waals surface area (Å²) < 4.78 is 0. The quantitative estimate of drug-likeness (QED) is 0.661. The van der Waals surface area contributed by atoms with Crippen LogP contribution >= 0.6 is 23.2 Å². The largest absolute Gasteiger partial charge is 0.339 e. The fourth-order valence-corrected chi connectivity index (χ4v) is 4.10. The van der Waals surface area contributed by atoms with Gasteiger partial charge < -0.3 is 15.1 Å². The van der Waals surface area contributed by atoms with E-state index in [1.165, 1.54) is 0 Å². The Morgan fingerprint density at radius 1 is 1.03 bits per heavy atom. The highest BCUT2D eigenvalue weighted by atomic mass is 35.5. The smallest absolute Gasteiger partial charge is 0.253 e. The molecule has 0 saturated carbocycles. The maximum Gasteiger partial charge on any atom is 0.253 e. The topological polar surface area (TPSA) is 69.7 Å². The van der Waals surface area contributed by atoms with E-state index in [2.05, 4.69) is 5.32 Å². The second-order valence-electron chi connectivity index (χ2n) is 7.93.